The van der Waals surface area contributed by atoms with Gasteiger partial charge in [0.1, 0.15) is 53.2 Å². The van der Waals surface area contributed by atoms with E-state index in [-0.39, 0.29) is 41.6 Å². The van der Waals surface area contributed by atoms with Crippen LogP contribution in [0.1, 0.15) is 207 Å². The molecule has 1 saturated heterocycles. The number of fused-ring (bicyclic) bond motifs is 5. The number of methoxy groups -OCH3 is 2. The lowest BCUT2D eigenvalue weighted by atomic mass is 9.44. The van der Waals surface area contributed by atoms with Crippen LogP contribution in [0.15, 0.2) is 71.8 Å². The molecule has 0 radical (unpaired) electrons. The summed E-state index contributed by atoms with van der Waals surface area (Å²) >= 11 is 0. The molecule has 3 aliphatic carbocycles. The van der Waals surface area contributed by atoms with Crippen LogP contribution in [0.2, 0.25) is 0 Å². The van der Waals surface area contributed by atoms with E-state index >= 15 is 9.59 Å². The van der Waals surface area contributed by atoms with Gasteiger partial charge in [0.2, 0.25) is 6.10 Å². The van der Waals surface area contributed by atoms with E-state index in [9.17, 15) is 29.1 Å². The summed E-state index contributed by atoms with van der Waals surface area (Å²) in [5, 5.41) is 16.9. The van der Waals surface area contributed by atoms with E-state index in [0.717, 1.165) is 60.1 Å². The van der Waals surface area contributed by atoms with Gasteiger partial charge in [0.05, 0.1) is 36.2 Å². The number of ether oxygens (including phenoxy) is 9. The molecule has 1 amide bonds. The largest absolute Gasteiger partial charge is 0.465 e. The van der Waals surface area contributed by atoms with Crippen molar-refractivity contribution in [2.45, 2.75) is 244 Å². The average Bonchev–Trinajstić information content (AvgIpc) is 0.671. The molecule has 18 nitrogen and oxygen atoms in total. The lowest BCUT2D eigenvalue weighted by molar-refractivity contribution is -0.347. The van der Waals surface area contributed by atoms with Gasteiger partial charge in [-0.1, -0.05) is 188 Å². The van der Waals surface area contributed by atoms with Gasteiger partial charge < -0.3 is 53.1 Å². The number of nitrogens with one attached hydrogen (secondary N) is 1. The first-order chi connectivity index (χ1) is 42.3. The van der Waals surface area contributed by atoms with Crippen LogP contribution in [0, 0.1) is 22.7 Å². The van der Waals surface area contributed by atoms with Crippen LogP contribution in [-0.2, 0) is 66.6 Å². The molecule has 2 bridgehead atoms. The van der Waals surface area contributed by atoms with Crippen LogP contribution in [0.25, 0.3) is 0 Å². The van der Waals surface area contributed by atoms with Gasteiger partial charge in [-0.3, -0.25) is 19.2 Å². The number of ketones is 1. The molecule has 12 atom stereocenters. The number of hydrogen-bond donors (Lipinski definition) is 2. The fourth-order valence-corrected chi connectivity index (χ4v) is 15.5. The van der Waals surface area contributed by atoms with Crippen molar-refractivity contribution >= 4 is 63.3 Å². The minimum absolute atomic E-state index is 0.0545. The van der Waals surface area contributed by atoms with E-state index in [2.05, 4.69) is 19.2 Å². The maximum Gasteiger partial charge on any atom is 0.408 e. The number of aliphatic hydroxyl groups is 1. The van der Waals surface area contributed by atoms with E-state index in [1.165, 1.54) is 97.5 Å². The first-order valence-electron chi connectivity index (χ1n) is 32.3. The monoisotopic (exact) mass is 1280 g/mol. The normalized spacial score (nSPS) is 26.3. The number of rotatable bonds is 34. The first kappa shape index (κ1) is 73.1. The van der Waals surface area contributed by atoms with Crippen LogP contribution in [0.3, 0.4) is 0 Å². The molecule has 4 aliphatic rings. The number of unbranched alkanes of at least 4 members (excludes halogenated alkanes) is 12. The molecule has 89 heavy (non-hydrogen) atoms. The van der Waals surface area contributed by atoms with E-state index in [0.29, 0.717) is 17.7 Å². The van der Waals surface area contributed by atoms with Gasteiger partial charge in [-0.15, -0.1) is 0 Å². The second-order valence-electron chi connectivity index (χ2n) is 26.4. The number of Topliss-reactive ketones (excluding diaryl/α,β-unsaturated/α-hetero) is 1. The van der Waals surface area contributed by atoms with Gasteiger partial charge in [0, 0.05) is 39.4 Å². The summed E-state index contributed by atoms with van der Waals surface area (Å²) in [5.41, 5.74) is -7.30. The van der Waals surface area contributed by atoms with Gasteiger partial charge in [-0.05, 0) is 82.2 Å². The van der Waals surface area contributed by atoms with Crippen LogP contribution in [0.4, 0.5) is 4.79 Å². The summed E-state index contributed by atoms with van der Waals surface area (Å²) in [4.78, 5) is 101. The Hall–Kier alpha value is -4.99. The molecule has 2 aromatic carbocycles. The molecule has 496 valence electrons. The van der Waals surface area contributed by atoms with E-state index in [1.54, 1.807) is 97.0 Å². The van der Waals surface area contributed by atoms with Crippen molar-refractivity contribution in [1.82, 2.24) is 5.32 Å². The summed E-state index contributed by atoms with van der Waals surface area (Å²) in [5.74, 6) is -6.12. The molecule has 20 heteroatoms. The number of amides is 1. The molecule has 1 aliphatic heterocycles. The van der Waals surface area contributed by atoms with Crippen molar-refractivity contribution in [2.24, 2.45) is 22.7 Å². The fraction of sp³-hybridized carbons (Fsp3) is 0.696. The number of alkyl carbamates (subject to hydrolysis) is 1. The maximum atomic E-state index is 16.0. The minimum Gasteiger partial charge on any atom is -0.465 e. The zero-order valence-electron chi connectivity index (χ0n) is 54.8. The summed E-state index contributed by atoms with van der Waals surface area (Å²) < 4.78 is 55.6. The van der Waals surface area contributed by atoms with Gasteiger partial charge >= 0.3 is 35.9 Å². The van der Waals surface area contributed by atoms with Crippen molar-refractivity contribution in [2.75, 3.05) is 38.9 Å². The predicted octanol–water partition coefficient (Wildman–Crippen LogP) is 12.9. The Morgan fingerprint density at radius 2 is 1.33 bits per heavy atom. The number of esters is 5. The van der Waals surface area contributed by atoms with Gasteiger partial charge in [0.25, 0.3) is 0 Å². The van der Waals surface area contributed by atoms with Crippen molar-refractivity contribution in [3.8, 4) is 0 Å². The summed E-state index contributed by atoms with van der Waals surface area (Å²) in [7, 11) is 4.92. The molecule has 2 unspecified atom stereocenters. The Morgan fingerprint density at radius 3 is 1.85 bits per heavy atom. The molecule has 2 N–H and O–H groups in total. The van der Waals surface area contributed by atoms with Crippen LogP contribution in [0.5, 0.6) is 0 Å². The molecule has 2 saturated carbocycles. The van der Waals surface area contributed by atoms with E-state index in [1.807, 2.05) is 0 Å². The third-order valence-corrected chi connectivity index (χ3v) is 20.7. The van der Waals surface area contributed by atoms with Crippen molar-refractivity contribution < 1.29 is 81.3 Å². The molecule has 3 fully saturated rings. The quantitative estimate of drug-likeness (QED) is 0.0218. The highest BCUT2D eigenvalue weighted by Gasteiger charge is 2.78. The Kier molecular flexibility index (Phi) is 27.5. The Morgan fingerprint density at radius 1 is 0.764 bits per heavy atom. The smallest absolute Gasteiger partial charge is 0.408 e. The molecule has 6 rings (SSSR count). The lowest BCUT2D eigenvalue weighted by Crippen LogP contribution is -2.82. The second kappa shape index (κ2) is 33.5. The highest BCUT2D eigenvalue weighted by molar-refractivity contribution is 8.77. The van der Waals surface area contributed by atoms with Crippen molar-refractivity contribution in [3.05, 3.63) is 82.9 Å². The molecule has 2 aromatic rings. The molecule has 1 heterocycles. The topological polar surface area (TPSA) is 235 Å². The zero-order chi connectivity index (χ0) is 65.2. The fourth-order valence-electron chi connectivity index (χ4n) is 13.9. The molecular weight excluding hydrogens is 1180 g/mol. The number of benzene rings is 2. The molecule has 0 aromatic heterocycles. The predicted molar refractivity (Wildman–Crippen MR) is 342 cm³/mol. The minimum atomic E-state index is -2.32. The van der Waals surface area contributed by atoms with Crippen LogP contribution < -0.4 is 5.32 Å². The SMILES string of the molecule is CCCCCCCCCCC(CCCCCCCC)COC(=O)CSSCC(=O)O[C@H](C(=O)O[C@@H]1C[C@]2(O)[C@H](OC(=O)c3ccccc3)[C@H]3[C@@]4(OC(C)=O)CO[C@H]4C[C@@H](OC)[C@]3(C)C(=O)[C@@H](OC)C(=C1C)C2(C)C)C(NC(=O)OC(C)(C)C)c1ccccc1. The highest BCUT2D eigenvalue weighted by Crippen LogP contribution is 2.65. The second-order valence-corrected chi connectivity index (χ2v) is 28.8. The van der Waals surface area contributed by atoms with E-state index < -0.39 is 124 Å². The summed E-state index contributed by atoms with van der Waals surface area (Å²) in [6.07, 6.45) is 9.11. The standard InChI is InChI=1S/C69H101NO17S2/c1-13-15-17-19-21-22-24-28-34-47(33-27-23-20-18-16-14-2)41-81-53(72)42-88-89-43-54(73)84-58(56(48-35-29-25-30-36-48)70-64(77)87-65(5,6)7)63(76)83-50-40-69(78)61(85-62(75)49-37-31-26-32-38-49)59-67(10,60(74)57(80-12)55(45(50)3)66(69,8)9)51(79-11)39-52-68(59,44-82-52)86-46(4)71/h25-26,29-32,35-38,47,50-52,56-59,61,78H,13-24,27-28,33-34,39-44H2,1-12H3,(H,70,77)/t47?,50-,51-,52+,56?,57+,58+,59-,61-,67+,68-,69+/m1/s1. The average molecular weight is 1280 g/mol. The number of carbonyl (C=O) groups is 7. The third kappa shape index (κ3) is 18.2. The Balaban J connectivity index is 1.30. The number of hydrogen-bond acceptors (Lipinski definition) is 19. The maximum absolute atomic E-state index is 16.0. The third-order valence-electron chi connectivity index (χ3n) is 18.6. The first-order valence-corrected chi connectivity index (χ1v) is 34.8. The molecular formula is C69H101NO17S2. The highest BCUT2D eigenvalue weighted by atomic mass is 33.1. The lowest BCUT2D eigenvalue weighted by Gasteiger charge is -2.67. The van der Waals surface area contributed by atoms with Gasteiger partial charge in [-0.25, -0.2) is 14.4 Å². The van der Waals surface area contributed by atoms with E-state index in [4.69, 9.17) is 42.6 Å². The molecule has 0 spiro atoms. The Labute approximate surface area is 536 Å². The van der Waals surface area contributed by atoms with Gasteiger partial charge in [0.15, 0.2) is 11.4 Å². The summed E-state index contributed by atoms with van der Waals surface area (Å²) in [6.45, 7) is 17.4. The van der Waals surface area contributed by atoms with Crippen LogP contribution in [-0.4, -0.2) is 139 Å². The van der Waals surface area contributed by atoms with Gasteiger partial charge in [-0.2, -0.15) is 0 Å². The van der Waals surface area contributed by atoms with Crippen molar-refractivity contribution in [1.29, 1.82) is 0 Å². The zero-order valence-corrected chi connectivity index (χ0v) is 56.5. The number of carbonyl (C=O) groups excluding carboxylic acids is 7. The van der Waals surface area contributed by atoms with Crippen LogP contribution >= 0.6 is 21.6 Å². The summed E-state index contributed by atoms with van der Waals surface area (Å²) in [6, 6.07) is 15.0. The van der Waals surface area contributed by atoms with Crippen molar-refractivity contribution in [3.63, 3.8) is 0 Å². The Bertz CT molecular complexity index is 2700.